The molecule has 0 radical (unpaired) electrons. The molecule has 1 atom stereocenters. The van der Waals surface area contributed by atoms with E-state index in [4.69, 9.17) is 17.0 Å². The van der Waals surface area contributed by atoms with E-state index < -0.39 is 0 Å². The van der Waals surface area contributed by atoms with Crippen LogP contribution in [0.15, 0.2) is 59.8 Å². The van der Waals surface area contributed by atoms with Crippen LogP contribution in [0.3, 0.4) is 0 Å². The molecule has 27 heavy (non-hydrogen) atoms. The summed E-state index contributed by atoms with van der Waals surface area (Å²) in [7, 11) is 0. The molecule has 0 aromatic heterocycles. The quantitative estimate of drug-likeness (QED) is 0.716. The maximum Gasteiger partial charge on any atom is 0.171 e. The summed E-state index contributed by atoms with van der Waals surface area (Å²) in [5.41, 5.74) is 3.74. The molecule has 0 spiro atoms. The number of allylic oxidation sites excluding steroid dienone is 1. The number of Topliss-reactive ketones (excluding diaryl/α,β-unsaturated/α-hetero) is 1. The van der Waals surface area contributed by atoms with Gasteiger partial charge in [-0.1, -0.05) is 38.1 Å². The molecule has 0 bridgehead atoms. The smallest absolute Gasteiger partial charge is 0.171 e. The first-order valence-electron chi connectivity index (χ1n) is 9.02. The minimum Gasteiger partial charge on any atom is -0.457 e. The fraction of sp³-hybridized carbons (Fsp3) is 0.273. The number of carbonyl (C=O) groups excluding carboxylic acids is 1. The van der Waals surface area contributed by atoms with Crippen LogP contribution in [0.1, 0.15) is 50.8 Å². The number of thiocarbonyl (C=S) groups is 1. The third-order valence-electron chi connectivity index (χ3n) is 4.64. The summed E-state index contributed by atoms with van der Waals surface area (Å²) in [6.07, 6.45) is 0. The molecule has 3 rings (SSSR count). The summed E-state index contributed by atoms with van der Waals surface area (Å²) in [6.45, 7) is 7.78. The van der Waals surface area contributed by atoms with Gasteiger partial charge in [0.2, 0.25) is 0 Å². The lowest BCUT2D eigenvalue weighted by molar-refractivity contribution is -0.114. The van der Waals surface area contributed by atoms with Crippen molar-refractivity contribution < 1.29 is 9.53 Å². The minimum absolute atomic E-state index is 0.0190. The number of nitrogens with one attached hydrogen (secondary N) is 2. The van der Waals surface area contributed by atoms with Crippen molar-refractivity contribution in [2.75, 3.05) is 0 Å². The van der Waals surface area contributed by atoms with Crippen LogP contribution in [0.5, 0.6) is 11.5 Å². The molecule has 0 aliphatic carbocycles. The van der Waals surface area contributed by atoms with Gasteiger partial charge in [0.05, 0.1) is 6.04 Å². The molecular formula is C22H24N2O2S. The Morgan fingerprint density at radius 2 is 1.59 bits per heavy atom. The van der Waals surface area contributed by atoms with Crippen LogP contribution in [-0.2, 0) is 4.79 Å². The Hall–Kier alpha value is -2.66. The SMILES string of the molecule is CC(=O)C1=C(C)NC(=S)NC1c1ccc(Oc2ccc(C(C)C)cc2)cc1. The zero-order valence-corrected chi connectivity index (χ0v) is 16.8. The average Bonchev–Trinajstić information content (AvgIpc) is 2.61. The molecule has 2 aromatic carbocycles. The lowest BCUT2D eigenvalue weighted by Crippen LogP contribution is -2.44. The van der Waals surface area contributed by atoms with Crippen molar-refractivity contribution in [2.24, 2.45) is 0 Å². The van der Waals surface area contributed by atoms with Gasteiger partial charge in [0.15, 0.2) is 10.9 Å². The molecule has 0 saturated heterocycles. The highest BCUT2D eigenvalue weighted by molar-refractivity contribution is 7.80. The number of hydrogen-bond donors (Lipinski definition) is 2. The summed E-state index contributed by atoms with van der Waals surface area (Å²) in [4.78, 5) is 12.1. The van der Waals surface area contributed by atoms with Crippen molar-refractivity contribution in [3.63, 3.8) is 0 Å². The van der Waals surface area contributed by atoms with E-state index in [0.29, 0.717) is 16.6 Å². The molecule has 5 heteroatoms. The first kappa shape index (κ1) is 19.1. The fourth-order valence-electron chi connectivity index (χ4n) is 3.20. The van der Waals surface area contributed by atoms with Crippen molar-refractivity contribution in [1.29, 1.82) is 0 Å². The molecular weight excluding hydrogens is 356 g/mol. The van der Waals surface area contributed by atoms with E-state index in [-0.39, 0.29) is 11.8 Å². The molecule has 140 valence electrons. The number of ketones is 1. The molecule has 0 fully saturated rings. The van der Waals surface area contributed by atoms with Crippen molar-refractivity contribution in [1.82, 2.24) is 10.6 Å². The van der Waals surface area contributed by atoms with E-state index in [1.807, 2.05) is 43.3 Å². The highest BCUT2D eigenvalue weighted by atomic mass is 32.1. The van der Waals surface area contributed by atoms with Gasteiger partial charge in [0.1, 0.15) is 11.5 Å². The fourth-order valence-corrected chi connectivity index (χ4v) is 3.47. The molecule has 0 saturated carbocycles. The lowest BCUT2D eigenvalue weighted by atomic mass is 9.93. The van der Waals surface area contributed by atoms with Gasteiger partial charge < -0.3 is 15.4 Å². The predicted molar refractivity (Wildman–Crippen MR) is 112 cm³/mol. The summed E-state index contributed by atoms with van der Waals surface area (Å²) in [5.74, 6) is 2.06. The number of benzene rings is 2. The van der Waals surface area contributed by atoms with Crippen LogP contribution >= 0.6 is 12.2 Å². The minimum atomic E-state index is -0.254. The number of rotatable bonds is 5. The Morgan fingerprint density at radius 1 is 1.04 bits per heavy atom. The third-order valence-corrected chi connectivity index (χ3v) is 4.86. The zero-order chi connectivity index (χ0) is 19.6. The highest BCUT2D eigenvalue weighted by Crippen LogP contribution is 2.30. The van der Waals surface area contributed by atoms with Crippen molar-refractivity contribution >= 4 is 23.1 Å². The second kappa shape index (κ2) is 7.92. The van der Waals surface area contributed by atoms with E-state index in [1.54, 1.807) is 6.92 Å². The van der Waals surface area contributed by atoms with Gasteiger partial charge in [-0.3, -0.25) is 4.79 Å². The summed E-state index contributed by atoms with van der Waals surface area (Å²) < 4.78 is 5.93. The summed E-state index contributed by atoms with van der Waals surface area (Å²) >= 11 is 5.25. The normalized spacial score (nSPS) is 16.8. The molecule has 4 nitrogen and oxygen atoms in total. The largest absolute Gasteiger partial charge is 0.457 e. The molecule has 1 heterocycles. The summed E-state index contributed by atoms with van der Waals surface area (Å²) in [6, 6.07) is 15.6. The van der Waals surface area contributed by atoms with Gasteiger partial charge in [0.25, 0.3) is 0 Å². The van der Waals surface area contributed by atoms with Crippen LogP contribution in [-0.4, -0.2) is 10.9 Å². The van der Waals surface area contributed by atoms with Gasteiger partial charge in [-0.15, -0.1) is 0 Å². The third kappa shape index (κ3) is 4.37. The van der Waals surface area contributed by atoms with E-state index >= 15 is 0 Å². The maximum atomic E-state index is 12.1. The van der Waals surface area contributed by atoms with Gasteiger partial charge in [-0.25, -0.2) is 0 Å². The number of ether oxygens (including phenoxy) is 1. The van der Waals surface area contributed by atoms with E-state index in [2.05, 4.69) is 36.6 Å². The van der Waals surface area contributed by atoms with E-state index in [9.17, 15) is 4.79 Å². The average molecular weight is 381 g/mol. The zero-order valence-electron chi connectivity index (χ0n) is 16.0. The lowest BCUT2D eigenvalue weighted by Gasteiger charge is -2.29. The second-order valence-corrected chi connectivity index (χ2v) is 7.43. The molecule has 0 amide bonds. The van der Waals surface area contributed by atoms with Crippen LogP contribution in [0.4, 0.5) is 0 Å². The Kier molecular flexibility index (Phi) is 5.61. The first-order valence-corrected chi connectivity index (χ1v) is 9.43. The van der Waals surface area contributed by atoms with Gasteiger partial charge >= 0.3 is 0 Å². The van der Waals surface area contributed by atoms with Crippen LogP contribution < -0.4 is 15.4 Å². The number of hydrogen-bond acceptors (Lipinski definition) is 3. The van der Waals surface area contributed by atoms with E-state index in [0.717, 1.165) is 22.8 Å². The molecule has 1 aliphatic heterocycles. The second-order valence-electron chi connectivity index (χ2n) is 7.02. The Bertz CT molecular complexity index is 884. The number of carbonyl (C=O) groups is 1. The predicted octanol–water partition coefficient (Wildman–Crippen LogP) is 4.98. The Labute approximate surface area is 165 Å². The van der Waals surface area contributed by atoms with E-state index in [1.165, 1.54) is 5.56 Å². The molecule has 1 unspecified atom stereocenters. The molecule has 1 aliphatic rings. The Morgan fingerprint density at radius 3 is 2.11 bits per heavy atom. The summed E-state index contributed by atoms with van der Waals surface area (Å²) in [5, 5.41) is 6.72. The molecule has 2 aromatic rings. The van der Waals surface area contributed by atoms with Gasteiger partial charge in [-0.2, -0.15) is 0 Å². The van der Waals surface area contributed by atoms with Crippen molar-refractivity contribution in [3.05, 3.63) is 70.9 Å². The monoisotopic (exact) mass is 380 g/mol. The standard InChI is InChI=1S/C22H24N2O2S/c1-13(2)16-5-9-18(10-6-16)26-19-11-7-17(8-12-19)21-20(15(4)25)14(3)23-22(27)24-21/h5-13,21H,1-4H3,(H2,23,24,27). The molecule has 2 N–H and O–H groups in total. The maximum absolute atomic E-state index is 12.1. The first-order chi connectivity index (χ1) is 12.8. The van der Waals surface area contributed by atoms with Crippen LogP contribution in [0.25, 0.3) is 0 Å². The highest BCUT2D eigenvalue weighted by Gasteiger charge is 2.27. The van der Waals surface area contributed by atoms with Crippen LogP contribution in [0, 0.1) is 0 Å². The van der Waals surface area contributed by atoms with Crippen molar-refractivity contribution in [3.8, 4) is 11.5 Å². The Balaban J connectivity index is 1.79. The topological polar surface area (TPSA) is 50.4 Å². The van der Waals surface area contributed by atoms with Crippen molar-refractivity contribution in [2.45, 2.75) is 39.7 Å². The van der Waals surface area contributed by atoms with Crippen LogP contribution in [0.2, 0.25) is 0 Å². The van der Waals surface area contributed by atoms with Gasteiger partial charge in [-0.05, 0) is 67.4 Å². The van der Waals surface area contributed by atoms with Gasteiger partial charge in [0, 0.05) is 11.3 Å².